The van der Waals surface area contributed by atoms with Crippen LogP contribution in [0.5, 0.6) is 5.75 Å². The van der Waals surface area contributed by atoms with Gasteiger partial charge in [0.1, 0.15) is 5.75 Å². The number of nitrogens with two attached hydrogens (primary N) is 1. The number of hydrogen-bond acceptors (Lipinski definition) is 4. The number of fused-ring (bicyclic) bond motifs is 1. The molecule has 1 fully saturated rings. The second kappa shape index (κ2) is 8.76. The van der Waals surface area contributed by atoms with Crippen molar-refractivity contribution >= 4 is 5.91 Å². The summed E-state index contributed by atoms with van der Waals surface area (Å²) >= 11 is 0. The van der Waals surface area contributed by atoms with Crippen LogP contribution in [0.25, 0.3) is 11.1 Å². The Morgan fingerprint density at radius 1 is 1.07 bits per heavy atom. The molecule has 0 aliphatic carbocycles. The van der Waals surface area contributed by atoms with E-state index in [0.717, 1.165) is 43.6 Å². The van der Waals surface area contributed by atoms with Crippen molar-refractivity contribution in [3.8, 4) is 16.9 Å². The first kappa shape index (κ1) is 19.0. The van der Waals surface area contributed by atoms with Crippen LogP contribution < -0.4 is 15.8 Å². The Morgan fingerprint density at radius 3 is 2.61 bits per heavy atom. The Bertz CT molecular complexity index is 813. The number of carbonyl (C=O) groups excluding carboxylic acids is 1. The molecule has 1 amide bonds. The van der Waals surface area contributed by atoms with Crippen LogP contribution in [0.4, 0.5) is 0 Å². The summed E-state index contributed by atoms with van der Waals surface area (Å²) in [5.74, 6) is 1.14. The minimum absolute atomic E-state index is 0.0781. The Labute approximate surface area is 166 Å². The van der Waals surface area contributed by atoms with E-state index in [9.17, 15) is 4.79 Å². The summed E-state index contributed by atoms with van der Waals surface area (Å²) < 4.78 is 11.0. The van der Waals surface area contributed by atoms with Gasteiger partial charge in [-0.1, -0.05) is 30.3 Å². The van der Waals surface area contributed by atoms with E-state index in [2.05, 4.69) is 47.8 Å². The fourth-order valence-electron chi connectivity index (χ4n) is 3.95. The zero-order chi connectivity index (χ0) is 19.3. The number of nitrogens with one attached hydrogen (secondary N) is 1. The molecule has 1 saturated heterocycles. The summed E-state index contributed by atoms with van der Waals surface area (Å²) in [6.07, 6.45) is 3.86. The van der Waals surface area contributed by atoms with Gasteiger partial charge in [-0.3, -0.25) is 4.79 Å². The molecule has 0 spiro atoms. The standard InChI is InChI=1S/C23H28N2O3/c24-22(18-9-12-27-13-10-18)23(26)25-15-16-3-5-17(6-4-16)19-7-8-21-20(14-19)2-1-11-28-21/h3-8,14,18,22H,1-2,9-13,15,24H2,(H,25,26). The normalized spacial score (nSPS) is 18.0. The van der Waals surface area contributed by atoms with Crippen LogP contribution in [0.3, 0.4) is 0 Å². The van der Waals surface area contributed by atoms with E-state index in [0.29, 0.717) is 19.8 Å². The van der Waals surface area contributed by atoms with Crippen LogP contribution >= 0.6 is 0 Å². The molecule has 0 radical (unpaired) electrons. The van der Waals surface area contributed by atoms with Gasteiger partial charge in [0.15, 0.2) is 0 Å². The summed E-state index contributed by atoms with van der Waals surface area (Å²) in [4.78, 5) is 12.4. The number of hydrogen-bond donors (Lipinski definition) is 2. The first-order valence-electron chi connectivity index (χ1n) is 10.2. The van der Waals surface area contributed by atoms with Crippen molar-refractivity contribution in [3.63, 3.8) is 0 Å². The van der Waals surface area contributed by atoms with E-state index in [-0.39, 0.29) is 11.8 Å². The highest BCUT2D eigenvalue weighted by Crippen LogP contribution is 2.30. The molecule has 28 heavy (non-hydrogen) atoms. The maximum Gasteiger partial charge on any atom is 0.237 e. The number of benzene rings is 2. The van der Waals surface area contributed by atoms with Gasteiger partial charge in [-0.2, -0.15) is 0 Å². The van der Waals surface area contributed by atoms with Gasteiger partial charge < -0.3 is 20.5 Å². The van der Waals surface area contributed by atoms with Gasteiger partial charge in [0, 0.05) is 19.8 Å². The average molecular weight is 380 g/mol. The van der Waals surface area contributed by atoms with Crippen molar-refractivity contribution in [2.75, 3.05) is 19.8 Å². The lowest BCUT2D eigenvalue weighted by atomic mass is 9.92. The summed E-state index contributed by atoms with van der Waals surface area (Å²) in [7, 11) is 0. The largest absolute Gasteiger partial charge is 0.493 e. The molecule has 0 bridgehead atoms. The number of ether oxygens (including phenoxy) is 2. The fraction of sp³-hybridized carbons (Fsp3) is 0.435. The third kappa shape index (κ3) is 4.37. The summed E-state index contributed by atoms with van der Waals surface area (Å²) in [6, 6.07) is 14.3. The molecule has 2 aromatic carbocycles. The van der Waals surface area contributed by atoms with E-state index in [1.165, 1.54) is 16.7 Å². The second-order valence-electron chi connectivity index (χ2n) is 7.66. The molecule has 2 aliphatic rings. The lowest BCUT2D eigenvalue weighted by Gasteiger charge is -2.26. The summed E-state index contributed by atoms with van der Waals surface area (Å²) in [5.41, 5.74) is 10.8. The van der Waals surface area contributed by atoms with Gasteiger partial charge in [-0.05, 0) is 66.0 Å². The molecule has 5 heteroatoms. The van der Waals surface area contributed by atoms with E-state index >= 15 is 0 Å². The van der Waals surface area contributed by atoms with Gasteiger partial charge in [-0.25, -0.2) is 0 Å². The molecular weight excluding hydrogens is 352 g/mol. The molecule has 2 heterocycles. The molecule has 2 aliphatic heterocycles. The SMILES string of the molecule is NC(C(=O)NCc1ccc(-c2ccc3c(c2)CCCO3)cc1)C1CCOCC1. The third-order valence-electron chi connectivity index (χ3n) is 5.74. The Kier molecular flexibility index (Phi) is 5.93. The average Bonchev–Trinajstić information content (AvgIpc) is 2.77. The summed E-state index contributed by atoms with van der Waals surface area (Å²) in [6.45, 7) is 2.70. The highest BCUT2D eigenvalue weighted by atomic mass is 16.5. The van der Waals surface area contributed by atoms with Crippen molar-refractivity contribution in [1.82, 2.24) is 5.32 Å². The zero-order valence-corrected chi connectivity index (χ0v) is 16.2. The van der Waals surface area contributed by atoms with Crippen molar-refractivity contribution < 1.29 is 14.3 Å². The third-order valence-corrected chi connectivity index (χ3v) is 5.74. The molecule has 0 saturated carbocycles. The molecule has 1 atom stereocenters. The van der Waals surface area contributed by atoms with Crippen LogP contribution in [0.1, 0.15) is 30.4 Å². The van der Waals surface area contributed by atoms with Crippen LogP contribution in [-0.4, -0.2) is 31.8 Å². The first-order valence-corrected chi connectivity index (χ1v) is 10.2. The van der Waals surface area contributed by atoms with E-state index < -0.39 is 6.04 Å². The van der Waals surface area contributed by atoms with E-state index in [1.807, 2.05) is 0 Å². The van der Waals surface area contributed by atoms with Gasteiger partial charge >= 0.3 is 0 Å². The molecular formula is C23H28N2O3. The molecule has 0 aromatic heterocycles. The minimum atomic E-state index is -0.458. The zero-order valence-electron chi connectivity index (χ0n) is 16.2. The topological polar surface area (TPSA) is 73.6 Å². The molecule has 3 N–H and O–H groups in total. The van der Waals surface area contributed by atoms with Crippen molar-refractivity contribution in [3.05, 3.63) is 53.6 Å². The minimum Gasteiger partial charge on any atom is -0.493 e. The monoisotopic (exact) mass is 380 g/mol. The van der Waals surface area contributed by atoms with Crippen molar-refractivity contribution in [2.24, 2.45) is 11.7 Å². The highest BCUT2D eigenvalue weighted by Gasteiger charge is 2.26. The van der Waals surface area contributed by atoms with Crippen LogP contribution in [-0.2, 0) is 22.5 Å². The van der Waals surface area contributed by atoms with Gasteiger partial charge in [0.2, 0.25) is 5.91 Å². The van der Waals surface area contributed by atoms with Crippen LogP contribution in [0.15, 0.2) is 42.5 Å². The van der Waals surface area contributed by atoms with Crippen molar-refractivity contribution in [1.29, 1.82) is 0 Å². The van der Waals surface area contributed by atoms with Gasteiger partial charge in [0.25, 0.3) is 0 Å². The highest BCUT2D eigenvalue weighted by molar-refractivity contribution is 5.81. The molecule has 1 unspecified atom stereocenters. The number of carbonyl (C=O) groups is 1. The first-order chi connectivity index (χ1) is 13.7. The predicted molar refractivity (Wildman–Crippen MR) is 109 cm³/mol. The smallest absolute Gasteiger partial charge is 0.237 e. The lowest BCUT2D eigenvalue weighted by molar-refractivity contribution is -0.124. The second-order valence-corrected chi connectivity index (χ2v) is 7.66. The van der Waals surface area contributed by atoms with Gasteiger partial charge in [-0.15, -0.1) is 0 Å². The maximum absolute atomic E-state index is 12.4. The van der Waals surface area contributed by atoms with Crippen LogP contribution in [0.2, 0.25) is 0 Å². The van der Waals surface area contributed by atoms with Crippen LogP contribution in [0, 0.1) is 5.92 Å². The maximum atomic E-state index is 12.4. The summed E-state index contributed by atoms with van der Waals surface area (Å²) in [5, 5.41) is 2.97. The Balaban J connectivity index is 1.35. The molecule has 5 nitrogen and oxygen atoms in total. The van der Waals surface area contributed by atoms with E-state index in [1.54, 1.807) is 0 Å². The molecule has 148 valence electrons. The molecule has 2 aromatic rings. The van der Waals surface area contributed by atoms with Crippen molar-refractivity contribution in [2.45, 2.75) is 38.3 Å². The Hall–Kier alpha value is -2.37. The lowest BCUT2D eigenvalue weighted by Crippen LogP contribution is -2.46. The number of amides is 1. The fourth-order valence-corrected chi connectivity index (χ4v) is 3.95. The number of aryl methyl sites for hydroxylation is 1. The predicted octanol–water partition coefficient (Wildman–Crippen LogP) is 3.05. The van der Waals surface area contributed by atoms with Gasteiger partial charge in [0.05, 0.1) is 12.6 Å². The molecule has 4 rings (SSSR count). The number of rotatable bonds is 5. The quantitative estimate of drug-likeness (QED) is 0.836. The van der Waals surface area contributed by atoms with E-state index in [4.69, 9.17) is 15.2 Å². The Morgan fingerprint density at radius 2 is 1.82 bits per heavy atom.